The van der Waals surface area contributed by atoms with Crippen molar-refractivity contribution in [2.24, 2.45) is 4.99 Å². The lowest BCUT2D eigenvalue weighted by Gasteiger charge is -2.19. The van der Waals surface area contributed by atoms with Crippen molar-refractivity contribution in [1.29, 1.82) is 0 Å². The van der Waals surface area contributed by atoms with E-state index in [1.54, 1.807) is 0 Å². The number of halogens is 1. The van der Waals surface area contributed by atoms with Crippen LogP contribution in [-0.4, -0.2) is 31.6 Å². The molecule has 0 radical (unpaired) electrons. The first-order valence-corrected chi connectivity index (χ1v) is 9.09. The Balaban J connectivity index is 0.00000264. The molecule has 0 amide bonds. The lowest BCUT2D eigenvalue weighted by atomic mass is 10.00. The van der Waals surface area contributed by atoms with Crippen molar-refractivity contribution in [3.8, 4) is 0 Å². The minimum Gasteiger partial charge on any atom is -0.356 e. The molecule has 3 nitrogen and oxygen atoms in total. The Labute approximate surface area is 160 Å². The average Bonchev–Trinajstić information content (AvgIpc) is 2.57. The third kappa shape index (κ3) is 5.88. The second kappa shape index (κ2) is 10.8. The summed E-state index contributed by atoms with van der Waals surface area (Å²) >= 11 is 1.87. The molecule has 2 N–H and O–H groups in total. The van der Waals surface area contributed by atoms with Gasteiger partial charge in [-0.3, -0.25) is 4.99 Å². The van der Waals surface area contributed by atoms with Gasteiger partial charge in [-0.1, -0.05) is 42.5 Å². The van der Waals surface area contributed by atoms with Gasteiger partial charge in [0, 0.05) is 13.6 Å². The summed E-state index contributed by atoms with van der Waals surface area (Å²) in [5, 5.41) is 9.43. The molecule has 2 aromatic rings. The van der Waals surface area contributed by atoms with Crippen molar-refractivity contribution >= 4 is 52.5 Å². The highest BCUT2D eigenvalue weighted by Gasteiger charge is 2.10. The summed E-state index contributed by atoms with van der Waals surface area (Å²) in [4.78, 5) is 4.32. The molecule has 0 aliphatic heterocycles. The minimum atomic E-state index is 0. The summed E-state index contributed by atoms with van der Waals surface area (Å²) in [7, 11) is 1.82. The Morgan fingerprint density at radius 1 is 1.17 bits per heavy atom. The molecule has 126 valence electrons. The van der Waals surface area contributed by atoms with Crippen molar-refractivity contribution < 1.29 is 0 Å². The predicted molar refractivity (Wildman–Crippen MR) is 115 cm³/mol. The van der Waals surface area contributed by atoms with Gasteiger partial charge in [0.2, 0.25) is 0 Å². The van der Waals surface area contributed by atoms with Gasteiger partial charge in [0.15, 0.2) is 5.96 Å². The van der Waals surface area contributed by atoms with Crippen molar-refractivity contribution in [3.63, 3.8) is 0 Å². The van der Waals surface area contributed by atoms with Crippen LogP contribution in [0.2, 0.25) is 0 Å². The van der Waals surface area contributed by atoms with Crippen LogP contribution in [0.15, 0.2) is 47.5 Å². The molecule has 0 fully saturated rings. The van der Waals surface area contributed by atoms with E-state index in [1.807, 2.05) is 18.8 Å². The second-order valence-corrected chi connectivity index (χ2v) is 6.27. The van der Waals surface area contributed by atoms with Crippen LogP contribution in [0.3, 0.4) is 0 Å². The molecule has 0 spiro atoms. The lowest BCUT2D eigenvalue weighted by molar-refractivity contribution is 0.687. The van der Waals surface area contributed by atoms with Crippen LogP contribution in [0.4, 0.5) is 0 Å². The Morgan fingerprint density at radius 2 is 1.91 bits per heavy atom. The second-order valence-electron chi connectivity index (χ2n) is 5.28. The number of benzene rings is 2. The van der Waals surface area contributed by atoms with E-state index in [0.717, 1.165) is 18.9 Å². The fraction of sp³-hybridized carbons (Fsp3) is 0.389. The number of hydrogen-bond acceptors (Lipinski definition) is 2. The van der Waals surface area contributed by atoms with Gasteiger partial charge in [0.05, 0.1) is 6.04 Å². The smallest absolute Gasteiger partial charge is 0.191 e. The highest BCUT2D eigenvalue weighted by atomic mass is 127. The zero-order chi connectivity index (χ0) is 15.8. The molecule has 23 heavy (non-hydrogen) atoms. The summed E-state index contributed by atoms with van der Waals surface area (Å²) in [6.07, 6.45) is 3.28. The molecule has 0 saturated heterocycles. The molecule has 0 aliphatic rings. The number of guanidine groups is 1. The normalized spacial score (nSPS) is 12.6. The Hall–Kier alpha value is -0.950. The number of rotatable bonds is 6. The number of fused-ring (bicyclic) bond motifs is 1. The zero-order valence-electron chi connectivity index (χ0n) is 14.0. The Morgan fingerprint density at radius 3 is 2.65 bits per heavy atom. The number of hydrogen-bond donors (Lipinski definition) is 2. The summed E-state index contributed by atoms with van der Waals surface area (Å²) in [5.74, 6) is 2.03. The molecule has 0 saturated carbocycles. The summed E-state index contributed by atoms with van der Waals surface area (Å²) in [6, 6.07) is 15.2. The third-order valence-electron chi connectivity index (χ3n) is 3.68. The van der Waals surface area contributed by atoms with E-state index in [4.69, 9.17) is 0 Å². The molecule has 0 bridgehead atoms. The van der Waals surface area contributed by atoms with Gasteiger partial charge < -0.3 is 10.6 Å². The molecule has 5 heteroatoms. The Kier molecular flexibility index (Phi) is 9.40. The van der Waals surface area contributed by atoms with Crippen molar-refractivity contribution in [2.75, 3.05) is 25.6 Å². The molecule has 0 heterocycles. The van der Waals surface area contributed by atoms with Crippen LogP contribution < -0.4 is 10.6 Å². The van der Waals surface area contributed by atoms with Crippen LogP contribution in [0.1, 0.15) is 24.9 Å². The van der Waals surface area contributed by atoms with Crippen molar-refractivity contribution in [1.82, 2.24) is 10.6 Å². The summed E-state index contributed by atoms with van der Waals surface area (Å²) < 4.78 is 0. The number of nitrogens with zero attached hydrogens (tertiary/aromatic N) is 1. The van der Waals surface area contributed by atoms with Crippen LogP contribution in [0.25, 0.3) is 10.8 Å². The molecule has 2 rings (SSSR count). The quantitative estimate of drug-likeness (QED) is 0.300. The van der Waals surface area contributed by atoms with Crippen LogP contribution >= 0.6 is 35.7 Å². The lowest BCUT2D eigenvalue weighted by Crippen LogP contribution is -2.39. The molecular formula is C18H26IN3S. The van der Waals surface area contributed by atoms with Gasteiger partial charge in [0.1, 0.15) is 0 Å². The molecule has 0 aliphatic carbocycles. The van der Waals surface area contributed by atoms with E-state index in [0.29, 0.717) is 0 Å². The molecule has 0 aromatic heterocycles. The highest BCUT2D eigenvalue weighted by molar-refractivity contribution is 14.0. The maximum absolute atomic E-state index is 4.32. The first kappa shape index (κ1) is 20.1. The van der Waals surface area contributed by atoms with Gasteiger partial charge >= 0.3 is 0 Å². The topological polar surface area (TPSA) is 36.4 Å². The molecule has 1 atom stereocenters. The monoisotopic (exact) mass is 443 g/mol. The molecule has 2 aromatic carbocycles. The maximum Gasteiger partial charge on any atom is 0.191 e. The van der Waals surface area contributed by atoms with Crippen molar-refractivity contribution in [3.05, 3.63) is 48.0 Å². The highest BCUT2D eigenvalue weighted by Crippen LogP contribution is 2.23. The maximum atomic E-state index is 4.32. The Bertz CT molecular complexity index is 625. The number of thioether (sulfide) groups is 1. The van der Waals surface area contributed by atoms with Gasteiger partial charge in [-0.15, -0.1) is 24.0 Å². The van der Waals surface area contributed by atoms with Gasteiger partial charge in [-0.25, -0.2) is 0 Å². The predicted octanol–water partition coefficient (Wildman–Crippen LogP) is 4.44. The van der Waals surface area contributed by atoms with Crippen LogP contribution in [0, 0.1) is 0 Å². The molecular weight excluding hydrogens is 417 g/mol. The summed E-state index contributed by atoms with van der Waals surface area (Å²) in [5.41, 5.74) is 1.30. The van der Waals surface area contributed by atoms with Crippen molar-refractivity contribution in [2.45, 2.75) is 19.4 Å². The fourth-order valence-corrected chi connectivity index (χ4v) is 2.96. The first-order chi connectivity index (χ1) is 10.8. The number of nitrogens with one attached hydrogen (secondary N) is 2. The van der Waals surface area contributed by atoms with Crippen LogP contribution in [-0.2, 0) is 0 Å². The SMILES string of the molecule is CN=C(NCCCSC)NC(C)c1cccc2ccccc12.I. The van der Waals surface area contributed by atoms with E-state index in [1.165, 1.54) is 22.1 Å². The van der Waals surface area contributed by atoms with Gasteiger partial charge in [-0.2, -0.15) is 11.8 Å². The van der Waals surface area contributed by atoms with Gasteiger partial charge in [0.25, 0.3) is 0 Å². The largest absolute Gasteiger partial charge is 0.356 e. The third-order valence-corrected chi connectivity index (χ3v) is 4.38. The first-order valence-electron chi connectivity index (χ1n) is 7.70. The average molecular weight is 443 g/mol. The van der Waals surface area contributed by atoms with E-state index in [-0.39, 0.29) is 30.0 Å². The van der Waals surface area contributed by atoms with E-state index in [9.17, 15) is 0 Å². The standard InChI is InChI=1S/C18H25N3S.HI/c1-14(21-18(19-2)20-12-7-13-22-3)16-11-6-9-15-8-4-5-10-17(15)16;/h4-6,8-11,14H,7,12-13H2,1-3H3,(H2,19,20,21);1H. The van der Waals surface area contributed by atoms with E-state index in [2.05, 4.69) is 71.3 Å². The van der Waals surface area contributed by atoms with E-state index >= 15 is 0 Å². The molecule has 1 unspecified atom stereocenters. The van der Waals surface area contributed by atoms with E-state index < -0.39 is 0 Å². The van der Waals surface area contributed by atoms with Crippen LogP contribution in [0.5, 0.6) is 0 Å². The summed E-state index contributed by atoms with van der Waals surface area (Å²) in [6.45, 7) is 3.12. The zero-order valence-corrected chi connectivity index (χ0v) is 17.2. The number of aliphatic imine (C=N–C) groups is 1. The van der Waals surface area contributed by atoms with Gasteiger partial charge in [-0.05, 0) is 41.7 Å². The minimum absolute atomic E-state index is 0. The fourth-order valence-electron chi connectivity index (χ4n) is 2.53.